The molecule has 14 heavy (non-hydrogen) atoms. The van der Waals surface area contributed by atoms with Crippen molar-refractivity contribution in [3.8, 4) is 0 Å². The largest absolute Gasteiger partial charge is 0.396 e. The molecule has 84 valence electrons. The van der Waals surface area contributed by atoms with E-state index in [1.165, 1.54) is 6.42 Å². The van der Waals surface area contributed by atoms with E-state index >= 15 is 0 Å². The molecule has 2 heteroatoms. The first-order chi connectivity index (χ1) is 6.56. The fourth-order valence-electron chi connectivity index (χ4n) is 2.61. The molecule has 0 aromatic carbocycles. The van der Waals surface area contributed by atoms with Crippen molar-refractivity contribution < 1.29 is 10.2 Å². The standard InChI is InChI=1S/C12H24O2/c1-8(2)10-4-5-11(9(3)7-13)12(14)6-10/h8-14H,4-7H2,1-3H3. The Morgan fingerprint density at radius 2 is 1.86 bits per heavy atom. The van der Waals surface area contributed by atoms with Gasteiger partial charge in [0.15, 0.2) is 0 Å². The van der Waals surface area contributed by atoms with Gasteiger partial charge in [-0.15, -0.1) is 0 Å². The zero-order chi connectivity index (χ0) is 10.7. The van der Waals surface area contributed by atoms with E-state index in [4.69, 9.17) is 5.11 Å². The van der Waals surface area contributed by atoms with Gasteiger partial charge in [-0.05, 0) is 42.9 Å². The molecule has 1 aliphatic carbocycles. The molecule has 1 aliphatic rings. The van der Waals surface area contributed by atoms with Crippen LogP contribution in [0.5, 0.6) is 0 Å². The van der Waals surface area contributed by atoms with Crippen LogP contribution in [-0.2, 0) is 0 Å². The molecule has 0 aliphatic heterocycles. The molecule has 0 spiro atoms. The summed E-state index contributed by atoms with van der Waals surface area (Å²) in [5.74, 6) is 1.91. The lowest BCUT2D eigenvalue weighted by molar-refractivity contribution is -0.00354. The van der Waals surface area contributed by atoms with Crippen molar-refractivity contribution in [2.45, 2.75) is 46.1 Å². The van der Waals surface area contributed by atoms with E-state index in [0.29, 0.717) is 17.8 Å². The summed E-state index contributed by atoms with van der Waals surface area (Å²) >= 11 is 0. The van der Waals surface area contributed by atoms with Crippen LogP contribution in [0.2, 0.25) is 0 Å². The molecule has 2 N–H and O–H groups in total. The van der Waals surface area contributed by atoms with Crippen LogP contribution >= 0.6 is 0 Å². The van der Waals surface area contributed by atoms with Crippen LogP contribution in [0.1, 0.15) is 40.0 Å². The lowest BCUT2D eigenvalue weighted by Crippen LogP contribution is -2.36. The lowest BCUT2D eigenvalue weighted by atomic mass is 9.71. The summed E-state index contributed by atoms with van der Waals surface area (Å²) in [6.45, 7) is 6.69. The van der Waals surface area contributed by atoms with Gasteiger partial charge in [0.2, 0.25) is 0 Å². The second-order valence-corrected chi connectivity index (χ2v) is 5.21. The predicted octanol–water partition coefficient (Wildman–Crippen LogP) is 2.05. The molecule has 0 saturated heterocycles. The number of aliphatic hydroxyl groups is 2. The molecule has 0 radical (unpaired) electrons. The minimum absolute atomic E-state index is 0.196. The van der Waals surface area contributed by atoms with E-state index in [-0.39, 0.29) is 18.6 Å². The van der Waals surface area contributed by atoms with E-state index < -0.39 is 0 Å². The third-order valence-electron chi connectivity index (χ3n) is 3.87. The van der Waals surface area contributed by atoms with Crippen LogP contribution in [0.15, 0.2) is 0 Å². The zero-order valence-electron chi connectivity index (χ0n) is 9.61. The van der Waals surface area contributed by atoms with Crippen molar-refractivity contribution in [3.63, 3.8) is 0 Å². The third kappa shape index (κ3) is 2.71. The van der Waals surface area contributed by atoms with Crippen molar-refractivity contribution in [2.75, 3.05) is 6.61 Å². The third-order valence-corrected chi connectivity index (χ3v) is 3.87. The zero-order valence-corrected chi connectivity index (χ0v) is 9.61. The van der Waals surface area contributed by atoms with E-state index in [1.54, 1.807) is 0 Å². The summed E-state index contributed by atoms with van der Waals surface area (Å²) in [5, 5.41) is 19.0. The minimum atomic E-state index is -0.196. The molecule has 2 nitrogen and oxygen atoms in total. The van der Waals surface area contributed by atoms with Gasteiger partial charge in [0, 0.05) is 6.61 Å². The lowest BCUT2D eigenvalue weighted by Gasteiger charge is -2.37. The molecule has 0 aromatic rings. The highest BCUT2D eigenvalue weighted by atomic mass is 16.3. The van der Waals surface area contributed by atoms with E-state index in [9.17, 15) is 5.11 Å². The Morgan fingerprint density at radius 3 is 2.29 bits per heavy atom. The van der Waals surface area contributed by atoms with Crippen molar-refractivity contribution in [1.29, 1.82) is 0 Å². The molecule has 4 unspecified atom stereocenters. The Balaban J connectivity index is 2.47. The monoisotopic (exact) mass is 200 g/mol. The summed E-state index contributed by atoms with van der Waals surface area (Å²) < 4.78 is 0. The molecule has 1 rings (SSSR count). The first-order valence-electron chi connectivity index (χ1n) is 5.85. The summed E-state index contributed by atoms with van der Waals surface area (Å²) in [5.41, 5.74) is 0. The van der Waals surface area contributed by atoms with Crippen molar-refractivity contribution in [1.82, 2.24) is 0 Å². The van der Waals surface area contributed by atoms with Gasteiger partial charge in [-0.25, -0.2) is 0 Å². The second kappa shape index (κ2) is 5.13. The van der Waals surface area contributed by atoms with Crippen molar-refractivity contribution in [2.24, 2.45) is 23.7 Å². The van der Waals surface area contributed by atoms with Crippen LogP contribution < -0.4 is 0 Å². The predicted molar refractivity (Wildman–Crippen MR) is 57.9 cm³/mol. The highest BCUT2D eigenvalue weighted by molar-refractivity contribution is 4.83. The Bertz CT molecular complexity index is 168. The maximum absolute atomic E-state index is 9.98. The Kier molecular flexibility index (Phi) is 4.39. The SMILES string of the molecule is CC(C)C1CCC(C(C)CO)C(O)C1. The smallest absolute Gasteiger partial charge is 0.0574 e. The minimum Gasteiger partial charge on any atom is -0.396 e. The Hall–Kier alpha value is -0.0800. The first kappa shape index (κ1) is 12.0. The number of hydrogen-bond donors (Lipinski definition) is 2. The average Bonchev–Trinajstić information content (AvgIpc) is 2.16. The summed E-state index contributed by atoms with van der Waals surface area (Å²) in [6.07, 6.45) is 3.01. The van der Waals surface area contributed by atoms with E-state index in [2.05, 4.69) is 13.8 Å². The van der Waals surface area contributed by atoms with Gasteiger partial charge in [-0.1, -0.05) is 20.8 Å². The maximum atomic E-state index is 9.98. The molecule has 0 aromatic heterocycles. The maximum Gasteiger partial charge on any atom is 0.0574 e. The van der Waals surface area contributed by atoms with Gasteiger partial charge in [0.25, 0.3) is 0 Å². The molecule has 1 saturated carbocycles. The molecule has 0 amide bonds. The molecular formula is C12H24O2. The fourth-order valence-corrected chi connectivity index (χ4v) is 2.61. The molecular weight excluding hydrogens is 176 g/mol. The highest BCUT2D eigenvalue weighted by Gasteiger charge is 2.33. The highest BCUT2D eigenvalue weighted by Crippen LogP contribution is 2.36. The molecule has 0 bridgehead atoms. The Labute approximate surface area is 87.3 Å². The van der Waals surface area contributed by atoms with Crippen LogP contribution in [0.3, 0.4) is 0 Å². The van der Waals surface area contributed by atoms with E-state index in [0.717, 1.165) is 12.8 Å². The Morgan fingerprint density at radius 1 is 1.21 bits per heavy atom. The second-order valence-electron chi connectivity index (χ2n) is 5.21. The molecule has 1 fully saturated rings. The molecule has 0 heterocycles. The van der Waals surface area contributed by atoms with Crippen molar-refractivity contribution >= 4 is 0 Å². The van der Waals surface area contributed by atoms with Gasteiger partial charge in [0.1, 0.15) is 0 Å². The van der Waals surface area contributed by atoms with Gasteiger partial charge in [-0.2, -0.15) is 0 Å². The fraction of sp³-hybridized carbons (Fsp3) is 1.00. The normalized spacial score (nSPS) is 36.0. The van der Waals surface area contributed by atoms with Crippen LogP contribution in [0.4, 0.5) is 0 Å². The van der Waals surface area contributed by atoms with E-state index in [1.807, 2.05) is 6.92 Å². The van der Waals surface area contributed by atoms with Gasteiger partial charge in [0.05, 0.1) is 6.10 Å². The number of aliphatic hydroxyl groups excluding tert-OH is 2. The van der Waals surface area contributed by atoms with Crippen molar-refractivity contribution in [3.05, 3.63) is 0 Å². The number of rotatable bonds is 3. The van der Waals surface area contributed by atoms with Crippen LogP contribution in [0, 0.1) is 23.7 Å². The average molecular weight is 200 g/mol. The quantitative estimate of drug-likeness (QED) is 0.732. The summed E-state index contributed by atoms with van der Waals surface area (Å²) in [6, 6.07) is 0. The topological polar surface area (TPSA) is 40.5 Å². The van der Waals surface area contributed by atoms with Crippen LogP contribution in [0.25, 0.3) is 0 Å². The summed E-state index contributed by atoms with van der Waals surface area (Å²) in [4.78, 5) is 0. The van der Waals surface area contributed by atoms with Gasteiger partial charge in [-0.3, -0.25) is 0 Å². The number of hydrogen-bond acceptors (Lipinski definition) is 2. The molecule has 4 atom stereocenters. The van der Waals surface area contributed by atoms with Crippen LogP contribution in [-0.4, -0.2) is 22.9 Å². The first-order valence-corrected chi connectivity index (χ1v) is 5.85. The van der Waals surface area contributed by atoms with Gasteiger partial charge < -0.3 is 10.2 Å². The van der Waals surface area contributed by atoms with Gasteiger partial charge >= 0.3 is 0 Å². The summed E-state index contributed by atoms with van der Waals surface area (Å²) in [7, 11) is 0.